The van der Waals surface area contributed by atoms with Crippen LogP contribution in [0.25, 0.3) is 22.8 Å². The maximum absolute atomic E-state index is 15.2. The van der Waals surface area contributed by atoms with Crippen molar-refractivity contribution < 1.29 is 62.6 Å². The van der Waals surface area contributed by atoms with Gasteiger partial charge in [0.05, 0.1) is 27.9 Å². The van der Waals surface area contributed by atoms with Crippen molar-refractivity contribution in [2.75, 3.05) is 19.3 Å². The van der Waals surface area contributed by atoms with Crippen molar-refractivity contribution in [3.05, 3.63) is 48.0 Å². The van der Waals surface area contributed by atoms with Gasteiger partial charge in [-0.25, -0.2) is 36.5 Å². The van der Waals surface area contributed by atoms with E-state index >= 15 is 4.39 Å². The SMILES string of the molecule is O=C(O)C(F)(F)F.[2H]C([2H])([2H])N=[S@@]1(=O)C[C@@](C)(c2cc(-c3cc(-c4ncc(OCC(F)(F)C(F)F)cn4)no3)ccc2F)N=C(N)C1(C)C. The summed E-state index contributed by atoms with van der Waals surface area (Å²) in [6, 6.07) is 5.25. The zero-order valence-electron chi connectivity index (χ0n) is 26.8. The fourth-order valence-corrected chi connectivity index (χ4v) is 5.82. The first-order valence-corrected chi connectivity index (χ1v) is 14.2. The number of halogens is 8. The maximum atomic E-state index is 15.2. The van der Waals surface area contributed by atoms with E-state index in [2.05, 4.69) is 29.2 Å². The normalized spacial score (nSPS) is 22.4. The third kappa shape index (κ3) is 7.53. The smallest absolute Gasteiger partial charge is 0.484 e. The maximum Gasteiger partial charge on any atom is 0.490 e. The molecule has 3 N–H and O–H groups in total. The number of carboxylic acid groups (broad SMARTS) is 1. The molecule has 1 aliphatic rings. The molecule has 2 atom stereocenters. The average molecular weight is 690 g/mol. The van der Waals surface area contributed by atoms with Crippen molar-refractivity contribution in [1.82, 2.24) is 15.1 Å². The first-order chi connectivity index (χ1) is 22.2. The van der Waals surface area contributed by atoms with E-state index in [1.165, 1.54) is 39.0 Å². The third-order valence-electron chi connectivity index (χ3n) is 6.60. The fourth-order valence-electron chi connectivity index (χ4n) is 3.82. The van der Waals surface area contributed by atoms with Gasteiger partial charge >= 0.3 is 24.5 Å². The number of amidine groups is 1. The molecule has 0 bridgehead atoms. The van der Waals surface area contributed by atoms with Crippen LogP contribution in [0.15, 0.2) is 50.5 Å². The topological polar surface area (TPSA) is 166 Å². The first-order valence-electron chi connectivity index (χ1n) is 14.0. The molecule has 0 saturated carbocycles. The lowest BCUT2D eigenvalue weighted by molar-refractivity contribution is -0.192. The Labute approximate surface area is 260 Å². The van der Waals surface area contributed by atoms with Crippen LogP contribution < -0.4 is 10.5 Å². The Morgan fingerprint density at radius 3 is 2.35 bits per heavy atom. The number of nitrogens with zero attached hydrogens (tertiary/aromatic N) is 5. The fraction of sp³-hybridized carbons (Fsp3) is 0.423. The molecule has 11 nitrogen and oxygen atoms in total. The summed E-state index contributed by atoms with van der Waals surface area (Å²) in [7, 11) is -3.58. The van der Waals surface area contributed by atoms with Gasteiger partial charge in [0.2, 0.25) is 0 Å². The lowest BCUT2D eigenvalue weighted by atomic mass is 9.91. The van der Waals surface area contributed by atoms with Gasteiger partial charge < -0.3 is 20.1 Å². The molecule has 252 valence electrons. The third-order valence-corrected chi connectivity index (χ3v) is 9.65. The molecule has 0 aliphatic carbocycles. The number of benzene rings is 1. The second kappa shape index (κ2) is 12.8. The van der Waals surface area contributed by atoms with Crippen LogP contribution in [0.3, 0.4) is 0 Å². The number of rotatable bonds is 7. The summed E-state index contributed by atoms with van der Waals surface area (Å²) in [4.78, 5) is 21.1. The second-order valence-electron chi connectivity index (χ2n) is 10.3. The standard InChI is InChI=1S/C24H25F5N6O3S.C2HF3O2/c1-22(2)21(30)34-23(3,12-39(22,36)31-4)15-7-13(5-6-16(15)25)18-8-17(35-38-18)19-32-9-14(10-33-19)37-11-24(28,29)20(26)27;3-2(4,5)1(6)7/h5-10,20H,11-12H2,1-4H3,(H2,30,34);(H,6,7)/t23-,39+;/m0./s1/i4D3;. The van der Waals surface area contributed by atoms with Crippen LogP contribution in [-0.4, -0.2) is 78.9 Å². The summed E-state index contributed by atoms with van der Waals surface area (Å²) in [5.74, 6) is -8.60. The van der Waals surface area contributed by atoms with Gasteiger partial charge in [0.1, 0.15) is 21.9 Å². The van der Waals surface area contributed by atoms with Crippen LogP contribution in [0.1, 0.15) is 30.4 Å². The second-order valence-corrected chi connectivity index (χ2v) is 13.1. The minimum Gasteiger partial charge on any atom is -0.484 e. The van der Waals surface area contributed by atoms with Gasteiger partial charge in [-0.2, -0.15) is 22.0 Å². The van der Waals surface area contributed by atoms with Crippen LogP contribution in [0.5, 0.6) is 5.75 Å². The number of aliphatic carboxylic acids is 1. The number of carbonyl (C=O) groups is 1. The summed E-state index contributed by atoms with van der Waals surface area (Å²) >= 11 is 0. The molecule has 0 amide bonds. The number of hydrogen-bond acceptors (Lipinski definition) is 10. The van der Waals surface area contributed by atoms with Crippen LogP contribution in [0.4, 0.5) is 35.1 Å². The van der Waals surface area contributed by atoms with E-state index in [9.17, 15) is 34.9 Å². The van der Waals surface area contributed by atoms with E-state index in [0.29, 0.717) is 5.56 Å². The number of nitrogens with two attached hydrogens (primary N) is 1. The number of aliphatic imine (C=N–C) groups is 1. The van der Waals surface area contributed by atoms with Gasteiger partial charge in [0.15, 0.2) is 29.6 Å². The van der Waals surface area contributed by atoms with E-state index in [1.807, 2.05) is 0 Å². The van der Waals surface area contributed by atoms with Gasteiger partial charge in [0, 0.05) is 28.3 Å². The van der Waals surface area contributed by atoms with E-state index < -0.39 is 69.7 Å². The van der Waals surface area contributed by atoms with E-state index in [4.69, 9.17) is 24.3 Å². The Morgan fingerprint density at radius 1 is 1.20 bits per heavy atom. The number of aromatic nitrogens is 3. The van der Waals surface area contributed by atoms with Crippen molar-refractivity contribution in [3.63, 3.8) is 0 Å². The molecule has 1 aromatic carbocycles. The van der Waals surface area contributed by atoms with E-state index in [-0.39, 0.29) is 34.4 Å². The lowest BCUT2D eigenvalue weighted by Crippen LogP contribution is -2.54. The monoisotopic (exact) mass is 689 g/mol. The Hall–Kier alpha value is -4.36. The number of carboxylic acids is 1. The number of alkyl halides is 7. The van der Waals surface area contributed by atoms with Gasteiger partial charge in [-0.05, 0) is 39.0 Å². The minimum atomic E-state index is -5.08. The van der Waals surface area contributed by atoms with Gasteiger partial charge in [0.25, 0.3) is 0 Å². The highest BCUT2D eigenvalue weighted by atomic mass is 32.2. The molecule has 4 rings (SSSR count). The zero-order valence-corrected chi connectivity index (χ0v) is 24.6. The van der Waals surface area contributed by atoms with Crippen LogP contribution in [0.2, 0.25) is 0 Å². The summed E-state index contributed by atoms with van der Waals surface area (Å²) in [5, 5.41) is 11.0. The minimum absolute atomic E-state index is 0.0230. The molecule has 0 unspecified atom stereocenters. The molecule has 3 heterocycles. The molecular weight excluding hydrogens is 660 g/mol. The summed E-state index contributed by atoms with van der Waals surface area (Å²) in [5.41, 5.74) is 4.91. The molecule has 1 aliphatic heterocycles. The molecule has 0 saturated heterocycles. The molecular formula is C26H26F8N6O5S. The lowest BCUT2D eigenvalue weighted by Gasteiger charge is -2.40. The highest BCUT2D eigenvalue weighted by Crippen LogP contribution is 2.40. The molecule has 0 spiro atoms. The number of ether oxygens (including phenoxy) is 1. The van der Waals surface area contributed by atoms with Crippen molar-refractivity contribution in [1.29, 1.82) is 0 Å². The van der Waals surface area contributed by atoms with E-state index in [0.717, 1.165) is 18.5 Å². The van der Waals surface area contributed by atoms with Gasteiger partial charge in [-0.1, -0.05) is 5.16 Å². The molecule has 46 heavy (non-hydrogen) atoms. The van der Waals surface area contributed by atoms with Crippen molar-refractivity contribution in [2.24, 2.45) is 15.1 Å². The largest absolute Gasteiger partial charge is 0.490 e. The average Bonchev–Trinajstić information content (AvgIpc) is 3.45. The summed E-state index contributed by atoms with van der Waals surface area (Å²) < 4.78 is 146. The Balaban J connectivity index is 0.000000838. The summed E-state index contributed by atoms with van der Waals surface area (Å²) in [6.07, 6.45) is -7.00. The Kier molecular flexibility index (Phi) is 8.80. The molecule has 20 heteroatoms. The van der Waals surface area contributed by atoms with Crippen molar-refractivity contribution in [2.45, 2.75) is 49.6 Å². The van der Waals surface area contributed by atoms with Crippen LogP contribution in [-0.2, 0) is 20.1 Å². The van der Waals surface area contributed by atoms with Crippen molar-refractivity contribution in [3.8, 4) is 28.6 Å². The molecule has 2 aromatic heterocycles. The highest BCUT2D eigenvalue weighted by Gasteiger charge is 2.48. The quantitative estimate of drug-likeness (QED) is 0.313. The molecule has 0 fully saturated rings. The molecule has 3 aromatic rings. The van der Waals surface area contributed by atoms with Crippen LogP contribution in [0, 0.1) is 5.82 Å². The Morgan fingerprint density at radius 2 is 1.80 bits per heavy atom. The van der Waals surface area contributed by atoms with Gasteiger partial charge in [-0.3, -0.25) is 4.99 Å². The number of hydrogen-bond donors (Lipinski definition) is 2. The highest BCUT2D eigenvalue weighted by molar-refractivity contribution is 7.95. The zero-order chi connectivity index (χ0) is 37.4. The van der Waals surface area contributed by atoms with Crippen LogP contribution >= 0.6 is 0 Å². The molecule has 0 radical (unpaired) electrons. The predicted molar refractivity (Wildman–Crippen MR) is 147 cm³/mol. The van der Waals surface area contributed by atoms with Gasteiger partial charge in [-0.15, -0.1) is 0 Å². The van der Waals surface area contributed by atoms with E-state index in [1.54, 1.807) is 0 Å². The summed E-state index contributed by atoms with van der Waals surface area (Å²) in [6.45, 7) is -0.0739. The Bertz CT molecular complexity index is 1850. The predicted octanol–water partition coefficient (Wildman–Crippen LogP) is 5.31. The van der Waals surface area contributed by atoms with Crippen molar-refractivity contribution >= 4 is 21.5 Å². The first kappa shape index (κ1) is 31.6.